The number of amides is 1. The molecule has 0 bridgehead atoms. The molecule has 0 aliphatic rings. The Bertz CT molecular complexity index is 382. The lowest BCUT2D eigenvalue weighted by Gasteiger charge is -2.22. The molecule has 0 aliphatic carbocycles. The number of anilines is 1. The van der Waals surface area contributed by atoms with E-state index < -0.39 is 5.54 Å². The fraction of sp³-hybridized carbons (Fsp3) is 0.417. The van der Waals surface area contributed by atoms with Gasteiger partial charge in [-0.25, -0.2) is 0 Å². The van der Waals surface area contributed by atoms with E-state index in [4.69, 9.17) is 17.3 Å². The smallest absolute Gasteiger partial charge is 0.244 e. The molecule has 88 valence electrons. The minimum absolute atomic E-state index is 0.216. The van der Waals surface area contributed by atoms with Gasteiger partial charge < -0.3 is 11.1 Å². The van der Waals surface area contributed by atoms with Crippen LogP contribution in [0.25, 0.3) is 0 Å². The summed E-state index contributed by atoms with van der Waals surface area (Å²) in [6.45, 7) is 5.47. The molecule has 0 saturated carbocycles. The van der Waals surface area contributed by atoms with Crippen molar-refractivity contribution in [3.8, 4) is 0 Å². The van der Waals surface area contributed by atoms with E-state index in [1.54, 1.807) is 13.0 Å². The third-order valence-electron chi connectivity index (χ3n) is 2.71. The summed E-state index contributed by atoms with van der Waals surface area (Å²) in [5, 5.41) is 3.30. The monoisotopic (exact) mass is 240 g/mol. The van der Waals surface area contributed by atoms with Crippen LogP contribution in [0.1, 0.15) is 25.8 Å². The predicted octanol–water partition coefficient (Wildman–Crippen LogP) is 2.71. The van der Waals surface area contributed by atoms with E-state index in [-0.39, 0.29) is 5.91 Å². The summed E-state index contributed by atoms with van der Waals surface area (Å²) in [6, 6.07) is 5.47. The SMILES string of the molecule is CCC(C)(N)C(=O)Nc1c(C)cccc1Cl. The Kier molecular flexibility index (Phi) is 3.94. The lowest BCUT2D eigenvalue weighted by atomic mass is 9.99. The number of halogens is 1. The van der Waals surface area contributed by atoms with Gasteiger partial charge in [-0.2, -0.15) is 0 Å². The van der Waals surface area contributed by atoms with Crippen molar-refractivity contribution < 1.29 is 4.79 Å². The first kappa shape index (κ1) is 13.0. The van der Waals surface area contributed by atoms with Crippen LogP contribution in [0, 0.1) is 6.92 Å². The van der Waals surface area contributed by atoms with Gasteiger partial charge in [0.2, 0.25) is 5.91 Å². The van der Waals surface area contributed by atoms with E-state index >= 15 is 0 Å². The molecule has 0 spiro atoms. The lowest BCUT2D eigenvalue weighted by molar-refractivity contribution is -0.120. The van der Waals surface area contributed by atoms with Gasteiger partial charge >= 0.3 is 0 Å². The van der Waals surface area contributed by atoms with Crippen molar-refractivity contribution >= 4 is 23.2 Å². The summed E-state index contributed by atoms with van der Waals surface area (Å²) in [7, 11) is 0. The molecule has 1 unspecified atom stereocenters. The van der Waals surface area contributed by atoms with E-state index in [0.717, 1.165) is 5.56 Å². The number of rotatable bonds is 3. The average Bonchev–Trinajstić information content (AvgIpc) is 2.23. The Hall–Kier alpha value is -1.06. The first-order valence-electron chi connectivity index (χ1n) is 5.24. The summed E-state index contributed by atoms with van der Waals surface area (Å²) < 4.78 is 0. The van der Waals surface area contributed by atoms with Crippen molar-refractivity contribution in [2.45, 2.75) is 32.7 Å². The Labute approximate surface area is 101 Å². The second-order valence-corrected chi connectivity index (χ2v) is 4.56. The minimum atomic E-state index is -0.869. The molecule has 16 heavy (non-hydrogen) atoms. The van der Waals surface area contributed by atoms with Crippen LogP contribution in [-0.4, -0.2) is 11.4 Å². The third kappa shape index (κ3) is 2.74. The Balaban J connectivity index is 2.94. The molecule has 1 atom stereocenters. The molecule has 1 amide bonds. The average molecular weight is 241 g/mol. The third-order valence-corrected chi connectivity index (χ3v) is 3.03. The zero-order chi connectivity index (χ0) is 12.3. The van der Waals surface area contributed by atoms with Crippen LogP contribution in [0.2, 0.25) is 5.02 Å². The Morgan fingerprint density at radius 2 is 2.19 bits per heavy atom. The van der Waals surface area contributed by atoms with Crippen LogP contribution in [0.15, 0.2) is 18.2 Å². The maximum Gasteiger partial charge on any atom is 0.244 e. The van der Waals surface area contributed by atoms with Gasteiger partial charge in [-0.3, -0.25) is 4.79 Å². The van der Waals surface area contributed by atoms with Crippen molar-refractivity contribution in [3.63, 3.8) is 0 Å². The van der Waals surface area contributed by atoms with E-state index in [0.29, 0.717) is 17.1 Å². The first-order chi connectivity index (χ1) is 7.38. The van der Waals surface area contributed by atoms with Crippen LogP contribution >= 0.6 is 11.6 Å². The number of carbonyl (C=O) groups is 1. The maximum atomic E-state index is 11.9. The van der Waals surface area contributed by atoms with E-state index in [1.165, 1.54) is 0 Å². The number of para-hydroxylation sites is 1. The minimum Gasteiger partial charge on any atom is -0.323 e. The Morgan fingerprint density at radius 1 is 1.56 bits per heavy atom. The van der Waals surface area contributed by atoms with Crippen LogP contribution in [0.4, 0.5) is 5.69 Å². The summed E-state index contributed by atoms with van der Waals surface area (Å²) in [5.41, 5.74) is 6.55. The molecule has 1 aromatic rings. The molecule has 3 N–H and O–H groups in total. The number of hydrogen-bond acceptors (Lipinski definition) is 2. The highest BCUT2D eigenvalue weighted by Crippen LogP contribution is 2.26. The fourth-order valence-electron chi connectivity index (χ4n) is 1.21. The summed E-state index contributed by atoms with van der Waals surface area (Å²) in [4.78, 5) is 11.9. The van der Waals surface area contributed by atoms with E-state index in [9.17, 15) is 4.79 Å². The molecule has 0 aromatic heterocycles. The second-order valence-electron chi connectivity index (χ2n) is 4.16. The molecule has 1 rings (SSSR count). The molecular formula is C12H17ClN2O. The molecule has 0 radical (unpaired) electrons. The summed E-state index contributed by atoms with van der Waals surface area (Å²) in [6.07, 6.45) is 0.572. The normalized spacial score (nSPS) is 14.3. The van der Waals surface area contributed by atoms with Crippen molar-refractivity contribution in [3.05, 3.63) is 28.8 Å². The number of benzene rings is 1. The zero-order valence-corrected chi connectivity index (χ0v) is 10.6. The number of carbonyl (C=O) groups excluding carboxylic acids is 1. The topological polar surface area (TPSA) is 55.1 Å². The highest BCUT2D eigenvalue weighted by atomic mass is 35.5. The maximum absolute atomic E-state index is 11.9. The van der Waals surface area contributed by atoms with Crippen LogP contribution < -0.4 is 11.1 Å². The molecule has 0 saturated heterocycles. The van der Waals surface area contributed by atoms with E-state index in [2.05, 4.69) is 5.32 Å². The largest absolute Gasteiger partial charge is 0.323 e. The highest BCUT2D eigenvalue weighted by Gasteiger charge is 2.26. The standard InChI is InChI=1S/C12H17ClN2O/c1-4-12(3,14)11(16)15-10-8(2)6-5-7-9(10)13/h5-7H,4,14H2,1-3H3,(H,15,16). The van der Waals surface area contributed by atoms with Crippen LogP contribution in [-0.2, 0) is 4.79 Å². The molecule has 4 heteroatoms. The zero-order valence-electron chi connectivity index (χ0n) is 9.80. The quantitative estimate of drug-likeness (QED) is 0.854. The van der Waals surface area contributed by atoms with Gasteiger partial charge in [0, 0.05) is 0 Å². The number of aryl methyl sites for hydroxylation is 1. The van der Waals surface area contributed by atoms with Crippen molar-refractivity contribution in [2.75, 3.05) is 5.32 Å². The van der Waals surface area contributed by atoms with Gasteiger partial charge in [0.15, 0.2) is 0 Å². The fourth-order valence-corrected chi connectivity index (χ4v) is 1.48. The highest BCUT2D eigenvalue weighted by molar-refractivity contribution is 6.34. The predicted molar refractivity (Wildman–Crippen MR) is 67.7 cm³/mol. The summed E-state index contributed by atoms with van der Waals surface area (Å²) in [5.74, 6) is -0.216. The van der Waals surface area contributed by atoms with E-state index in [1.807, 2.05) is 26.0 Å². The summed E-state index contributed by atoms with van der Waals surface area (Å²) >= 11 is 6.01. The van der Waals surface area contributed by atoms with Crippen molar-refractivity contribution in [1.29, 1.82) is 0 Å². The van der Waals surface area contributed by atoms with Gasteiger partial charge in [-0.05, 0) is 31.9 Å². The number of hydrogen-bond donors (Lipinski definition) is 2. The van der Waals surface area contributed by atoms with Gasteiger partial charge in [-0.15, -0.1) is 0 Å². The molecule has 0 heterocycles. The van der Waals surface area contributed by atoms with Gasteiger partial charge in [0.05, 0.1) is 16.2 Å². The second kappa shape index (κ2) is 4.85. The molecule has 0 fully saturated rings. The van der Waals surface area contributed by atoms with Crippen LogP contribution in [0.5, 0.6) is 0 Å². The molecule has 0 aliphatic heterocycles. The molecular weight excluding hydrogens is 224 g/mol. The van der Waals surface area contributed by atoms with Gasteiger partial charge in [-0.1, -0.05) is 30.7 Å². The Morgan fingerprint density at radius 3 is 2.69 bits per heavy atom. The lowest BCUT2D eigenvalue weighted by Crippen LogP contribution is -2.47. The molecule has 1 aromatic carbocycles. The number of nitrogens with two attached hydrogens (primary N) is 1. The van der Waals surface area contributed by atoms with Gasteiger partial charge in [0.1, 0.15) is 0 Å². The van der Waals surface area contributed by atoms with Crippen LogP contribution in [0.3, 0.4) is 0 Å². The number of nitrogens with one attached hydrogen (secondary N) is 1. The van der Waals surface area contributed by atoms with Crippen molar-refractivity contribution in [1.82, 2.24) is 0 Å². The first-order valence-corrected chi connectivity index (χ1v) is 5.61. The molecule has 3 nitrogen and oxygen atoms in total. The van der Waals surface area contributed by atoms with Crippen molar-refractivity contribution in [2.24, 2.45) is 5.73 Å². The van der Waals surface area contributed by atoms with Gasteiger partial charge in [0.25, 0.3) is 0 Å².